The van der Waals surface area contributed by atoms with Crippen molar-refractivity contribution in [2.45, 2.75) is 6.92 Å². The summed E-state index contributed by atoms with van der Waals surface area (Å²) in [6.45, 7) is 1.66. The Hall–Kier alpha value is -1.07. The lowest BCUT2D eigenvalue weighted by Gasteiger charge is -1.80. The normalized spacial score (nSPS) is 8.10. The second kappa shape index (κ2) is 3.19. The summed E-state index contributed by atoms with van der Waals surface area (Å²) in [6, 6.07) is 3.62. The highest BCUT2D eigenvalue weighted by molar-refractivity contribution is 7.12. The van der Waals surface area contributed by atoms with Crippen LogP contribution in [-0.4, -0.2) is 5.78 Å². The number of carbonyl (C=O) groups is 1. The first-order valence-electron chi connectivity index (χ1n) is 2.85. The van der Waals surface area contributed by atoms with E-state index in [9.17, 15) is 4.79 Å². The molecule has 0 aliphatic heterocycles. The molecule has 0 N–H and O–H groups in total. The molecule has 0 atom stereocenters. The summed E-state index contributed by atoms with van der Waals surface area (Å²) in [5.41, 5.74) is 0. The molecule has 0 bridgehead atoms. The Balaban J connectivity index is 2.85. The van der Waals surface area contributed by atoms with Crippen molar-refractivity contribution < 1.29 is 4.79 Å². The highest BCUT2D eigenvalue weighted by Gasteiger charge is 1.99. The van der Waals surface area contributed by atoms with E-state index in [1.807, 2.05) is 11.4 Å². The van der Waals surface area contributed by atoms with Gasteiger partial charge in [0.1, 0.15) is 0 Å². The molecule has 1 aromatic rings. The SMILES string of the molecule is CC#CC(=O)c1cccs1. The van der Waals surface area contributed by atoms with Crippen molar-refractivity contribution >= 4 is 17.1 Å². The minimum Gasteiger partial charge on any atom is -0.278 e. The smallest absolute Gasteiger partial charge is 0.245 e. The van der Waals surface area contributed by atoms with Crippen LogP contribution in [-0.2, 0) is 0 Å². The fraction of sp³-hybridized carbons (Fsp3) is 0.125. The second-order valence-corrected chi connectivity index (χ2v) is 2.63. The van der Waals surface area contributed by atoms with Gasteiger partial charge in [-0.2, -0.15) is 0 Å². The standard InChI is InChI=1S/C8H6OS/c1-2-4-7(9)8-5-3-6-10-8/h3,5-6H,1H3. The molecule has 0 aliphatic carbocycles. The number of carbonyl (C=O) groups excluding carboxylic acids is 1. The van der Waals surface area contributed by atoms with E-state index in [1.165, 1.54) is 11.3 Å². The van der Waals surface area contributed by atoms with E-state index in [1.54, 1.807) is 13.0 Å². The van der Waals surface area contributed by atoms with Crippen LogP contribution < -0.4 is 0 Å². The fourth-order valence-corrected chi connectivity index (χ4v) is 1.20. The summed E-state index contributed by atoms with van der Waals surface area (Å²) in [5.74, 6) is 4.95. The summed E-state index contributed by atoms with van der Waals surface area (Å²) in [6.07, 6.45) is 0. The maximum Gasteiger partial charge on any atom is 0.245 e. The molecule has 0 aliphatic rings. The van der Waals surface area contributed by atoms with Gasteiger partial charge in [0, 0.05) is 0 Å². The second-order valence-electron chi connectivity index (χ2n) is 1.68. The molecule has 0 fully saturated rings. The van der Waals surface area contributed by atoms with Crippen LogP contribution in [0.2, 0.25) is 0 Å². The number of rotatable bonds is 1. The van der Waals surface area contributed by atoms with Crippen LogP contribution in [0, 0.1) is 11.8 Å². The zero-order valence-corrected chi connectivity index (χ0v) is 6.37. The minimum absolute atomic E-state index is 0.0856. The summed E-state index contributed by atoms with van der Waals surface area (Å²) in [5, 5.41) is 1.87. The van der Waals surface area contributed by atoms with Crippen molar-refractivity contribution in [1.82, 2.24) is 0 Å². The molecule has 0 saturated carbocycles. The van der Waals surface area contributed by atoms with Gasteiger partial charge in [0.15, 0.2) is 0 Å². The average molecular weight is 150 g/mol. The lowest BCUT2D eigenvalue weighted by molar-refractivity contribution is 0.106. The zero-order valence-electron chi connectivity index (χ0n) is 5.55. The van der Waals surface area contributed by atoms with Gasteiger partial charge in [-0.1, -0.05) is 12.0 Å². The Morgan fingerprint density at radius 3 is 3.00 bits per heavy atom. The Bertz CT molecular complexity index is 274. The largest absolute Gasteiger partial charge is 0.278 e. The van der Waals surface area contributed by atoms with E-state index in [4.69, 9.17) is 0 Å². The molecular weight excluding hydrogens is 144 g/mol. The quantitative estimate of drug-likeness (QED) is 0.340. The van der Waals surface area contributed by atoms with Crippen molar-refractivity contribution in [1.29, 1.82) is 0 Å². The molecule has 10 heavy (non-hydrogen) atoms. The van der Waals surface area contributed by atoms with Crippen LogP contribution in [0.15, 0.2) is 17.5 Å². The topological polar surface area (TPSA) is 17.1 Å². The van der Waals surface area contributed by atoms with Gasteiger partial charge in [0.25, 0.3) is 0 Å². The Morgan fingerprint density at radius 2 is 2.50 bits per heavy atom. The van der Waals surface area contributed by atoms with Gasteiger partial charge >= 0.3 is 0 Å². The Morgan fingerprint density at radius 1 is 1.70 bits per heavy atom. The van der Waals surface area contributed by atoms with Gasteiger partial charge in [0.05, 0.1) is 4.88 Å². The van der Waals surface area contributed by atoms with Crippen molar-refractivity contribution in [3.63, 3.8) is 0 Å². The van der Waals surface area contributed by atoms with E-state index in [-0.39, 0.29) is 5.78 Å². The van der Waals surface area contributed by atoms with E-state index < -0.39 is 0 Å². The van der Waals surface area contributed by atoms with Gasteiger partial charge in [-0.25, -0.2) is 0 Å². The van der Waals surface area contributed by atoms with Crippen LogP contribution in [0.4, 0.5) is 0 Å². The van der Waals surface area contributed by atoms with Crippen molar-refractivity contribution in [3.05, 3.63) is 22.4 Å². The zero-order chi connectivity index (χ0) is 7.40. The highest BCUT2D eigenvalue weighted by atomic mass is 32.1. The van der Waals surface area contributed by atoms with Crippen LogP contribution in [0.1, 0.15) is 16.6 Å². The molecule has 50 valence electrons. The third kappa shape index (κ3) is 1.46. The fourth-order valence-electron chi connectivity index (χ4n) is 0.583. The first-order valence-corrected chi connectivity index (χ1v) is 3.73. The monoisotopic (exact) mass is 150 g/mol. The summed E-state index contributed by atoms with van der Waals surface area (Å²) < 4.78 is 0. The van der Waals surface area contributed by atoms with Crippen LogP contribution >= 0.6 is 11.3 Å². The number of hydrogen-bond donors (Lipinski definition) is 0. The van der Waals surface area contributed by atoms with Crippen molar-refractivity contribution in [3.8, 4) is 11.8 Å². The van der Waals surface area contributed by atoms with E-state index >= 15 is 0 Å². The molecule has 0 unspecified atom stereocenters. The van der Waals surface area contributed by atoms with Gasteiger partial charge in [0.2, 0.25) is 5.78 Å². The predicted octanol–water partition coefficient (Wildman–Crippen LogP) is 1.95. The van der Waals surface area contributed by atoms with Crippen LogP contribution in [0.25, 0.3) is 0 Å². The predicted molar refractivity (Wildman–Crippen MR) is 42.1 cm³/mol. The molecule has 0 saturated heterocycles. The maximum absolute atomic E-state index is 10.9. The number of thiophene rings is 1. The molecule has 0 spiro atoms. The Kier molecular flexibility index (Phi) is 2.24. The van der Waals surface area contributed by atoms with Crippen molar-refractivity contribution in [2.24, 2.45) is 0 Å². The molecule has 0 radical (unpaired) electrons. The van der Waals surface area contributed by atoms with E-state index in [0.29, 0.717) is 4.88 Å². The molecule has 1 rings (SSSR count). The molecule has 1 nitrogen and oxygen atoms in total. The first kappa shape index (κ1) is 7.04. The third-order valence-electron chi connectivity index (χ3n) is 0.983. The van der Waals surface area contributed by atoms with Gasteiger partial charge in [-0.3, -0.25) is 4.79 Å². The number of ketones is 1. The van der Waals surface area contributed by atoms with Gasteiger partial charge in [-0.05, 0) is 24.3 Å². The van der Waals surface area contributed by atoms with E-state index in [0.717, 1.165) is 0 Å². The molecule has 1 heterocycles. The Labute approximate surface area is 63.7 Å². The third-order valence-corrected chi connectivity index (χ3v) is 1.85. The average Bonchev–Trinajstić information content (AvgIpc) is 2.38. The highest BCUT2D eigenvalue weighted by Crippen LogP contribution is 2.07. The van der Waals surface area contributed by atoms with Crippen LogP contribution in [0.3, 0.4) is 0 Å². The first-order chi connectivity index (χ1) is 4.84. The maximum atomic E-state index is 10.9. The molecule has 0 aromatic carbocycles. The molecule has 1 aromatic heterocycles. The number of hydrogen-bond acceptors (Lipinski definition) is 2. The van der Waals surface area contributed by atoms with Gasteiger partial charge < -0.3 is 0 Å². The van der Waals surface area contributed by atoms with E-state index in [2.05, 4.69) is 11.8 Å². The minimum atomic E-state index is -0.0856. The molecule has 0 amide bonds. The molecule has 2 heteroatoms. The lowest BCUT2D eigenvalue weighted by Crippen LogP contribution is -1.88. The van der Waals surface area contributed by atoms with Crippen LogP contribution in [0.5, 0.6) is 0 Å². The summed E-state index contributed by atoms with van der Waals surface area (Å²) >= 11 is 1.42. The number of Topliss-reactive ketones (excluding diaryl/α,β-unsaturated/α-hetero) is 1. The summed E-state index contributed by atoms with van der Waals surface area (Å²) in [7, 11) is 0. The lowest BCUT2D eigenvalue weighted by atomic mass is 10.3. The molecular formula is C8H6OS. The van der Waals surface area contributed by atoms with Gasteiger partial charge in [-0.15, -0.1) is 11.3 Å². The van der Waals surface area contributed by atoms with Crippen molar-refractivity contribution in [2.75, 3.05) is 0 Å². The summed E-state index contributed by atoms with van der Waals surface area (Å²) in [4.78, 5) is 11.7.